The highest BCUT2D eigenvalue weighted by Gasteiger charge is 2.44. The van der Waals surface area contributed by atoms with Crippen molar-refractivity contribution in [2.75, 3.05) is 13.2 Å². The summed E-state index contributed by atoms with van der Waals surface area (Å²) in [7, 11) is 0. The fourth-order valence-corrected chi connectivity index (χ4v) is 13.4. The van der Waals surface area contributed by atoms with Gasteiger partial charge < -0.3 is 40.3 Å². The number of rotatable bonds is 74. The zero-order valence-corrected chi connectivity index (χ0v) is 61.8. The molecule has 548 valence electrons. The van der Waals surface area contributed by atoms with Crippen LogP contribution in [0.4, 0.5) is 0 Å². The summed E-state index contributed by atoms with van der Waals surface area (Å²) in [6.07, 6.45) is 94.3. The number of hydrogen-bond acceptors (Lipinski definition) is 8. The summed E-state index contributed by atoms with van der Waals surface area (Å²) in [4.78, 5) is 13.2. The predicted octanol–water partition coefficient (Wildman–Crippen LogP) is 23.9. The zero-order chi connectivity index (χ0) is 67.1. The summed E-state index contributed by atoms with van der Waals surface area (Å²) in [5.41, 5.74) is 0. The second-order valence-corrected chi connectivity index (χ2v) is 28.9. The van der Waals surface area contributed by atoms with Crippen LogP contribution in [0.5, 0.6) is 0 Å². The number of aliphatic hydroxyl groups is 5. The van der Waals surface area contributed by atoms with E-state index in [4.69, 9.17) is 9.47 Å². The van der Waals surface area contributed by atoms with Gasteiger partial charge in [-0.2, -0.15) is 0 Å². The van der Waals surface area contributed by atoms with Crippen molar-refractivity contribution in [3.05, 3.63) is 48.6 Å². The lowest BCUT2D eigenvalue weighted by molar-refractivity contribution is -0.302. The van der Waals surface area contributed by atoms with E-state index in [1.165, 1.54) is 360 Å². The maximum atomic E-state index is 13.2. The Kier molecular flexibility index (Phi) is 69.9. The lowest BCUT2D eigenvalue weighted by atomic mass is 9.99. The van der Waals surface area contributed by atoms with Crippen molar-refractivity contribution >= 4 is 5.91 Å². The van der Waals surface area contributed by atoms with Crippen LogP contribution in [0.1, 0.15) is 425 Å². The average molecular weight is 1310 g/mol. The van der Waals surface area contributed by atoms with E-state index in [9.17, 15) is 30.3 Å². The highest BCUT2D eigenvalue weighted by atomic mass is 16.7. The van der Waals surface area contributed by atoms with E-state index in [0.717, 1.165) is 44.9 Å². The maximum absolute atomic E-state index is 13.2. The molecule has 1 rings (SSSR count). The number of nitrogens with one attached hydrogen (secondary N) is 1. The molecule has 1 aliphatic rings. The quantitative estimate of drug-likeness (QED) is 0.0261. The SMILES string of the molecule is CCCCCCC/C=C\C/C=C\CCCCCCCCCCCCCCCCCCCCCCCCCCCCCC(=O)NC(COC1OC(CO)C(O)C(O)C1O)C(O)/C=C/CC/C=C/CCCCCCCCCCCCCCCCCCCCCCCCCCC. The lowest BCUT2D eigenvalue weighted by Gasteiger charge is -2.40. The van der Waals surface area contributed by atoms with Crippen molar-refractivity contribution in [1.29, 1.82) is 0 Å². The number of unbranched alkanes of at least 4 members (excludes halogenated alkanes) is 58. The minimum atomic E-state index is -1.57. The largest absolute Gasteiger partial charge is 0.394 e. The third kappa shape index (κ3) is 61.0. The smallest absolute Gasteiger partial charge is 0.220 e. The number of ether oxygens (including phenoxy) is 2. The van der Waals surface area contributed by atoms with Crippen LogP contribution in [-0.4, -0.2) is 87.5 Å². The first-order valence-corrected chi connectivity index (χ1v) is 41.4. The lowest BCUT2D eigenvalue weighted by Crippen LogP contribution is -2.60. The van der Waals surface area contributed by atoms with E-state index in [1.54, 1.807) is 6.08 Å². The van der Waals surface area contributed by atoms with Crippen LogP contribution in [0, 0.1) is 0 Å². The summed E-state index contributed by atoms with van der Waals surface area (Å²) >= 11 is 0. The summed E-state index contributed by atoms with van der Waals surface area (Å²) in [5, 5.41) is 54.9. The van der Waals surface area contributed by atoms with E-state index < -0.39 is 49.5 Å². The van der Waals surface area contributed by atoms with Gasteiger partial charge in [0.25, 0.3) is 0 Å². The topological polar surface area (TPSA) is 149 Å². The maximum Gasteiger partial charge on any atom is 0.220 e. The molecule has 0 aromatic carbocycles. The van der Waals surface area contributed by atoms with Gasteiger partial charge in [-0.15, -0.1) is 0 Å². The molecule has 7 atom stereocenters. The molecule has 93 heavy (non-hydrogen) atoms. The molecule has 0 spiro atoms. The Morgan fingerprint density at radius 1 is 0.366 bits per heavy atom. The van der Waals surface area contributed by atoms with Gasteiger partial charge in [-0.1, -0.05) is 403 Å². The van der Waals surface area contributed by atoms with Crippen LogP contribution in [0.2, 0.25) is 0 Å². The third-order valence-electron chi connectivity index (χ3n) is 19.9. The summed E-state index contributed by atoms with van der Waals surface area (Å²) in [6, 6.07) is -0.823. The number of carbonyl (C=O) groups excluding carboxylic acids is 1. The van der Waals surface area contributed by atoms with Gasteiger partial charge in [0, 0.05) is 6.42 Å². The van der Waals surface area contributed by atoms with Gasteiger partial charge in [0.2, 0.25) is 5.91 Å². The molecule has 0 aliphatic carbocycles. The first-order valence-electron chi connectivity index (χ1n) is 41.4. The number of aliphatic hydroxyl groups excluding tert-OH is 5. The highest BCUT2D eigenvalue weighted by Crippen LogP contribution is 2.24. The molecule has 6 N–H and O–H groups in total. The first kappa shape index (κ1) is 89.2. The van der Waals surface area contributed by atoms with Crippen molar-refractivity contribution in [2.45, 2.75) is 468 Å². The first-order chi connectivity index (χ1) is 45.8. The number of carbonyl (C=O) groups is 1. The Balaban J connectivity index is 2.05. The van der Waals surface area contributed by atoms with Crippen LogP contribution < -0.4 is 5.32 Å². The molecule has 0 aromatic heterocycles. The average Bonchev–Trinajstić information content (AvgIpc) is 1.02. The summed E-state index contributed by atoms with van der Waals surface area (Å²) < 4.78 is 11.3. The zero-order valence-electron chi connectivity index (χ0n) is 61.8. The van der Waals surface area contributed by atoms with E-state index in [1.807, 2.05) is 6.08 Å². The molecule has 1 fully saturated rings. The van der Waals surface area contributed by atoms with Crippen LogP contribution in [0.3, 0.4) is 0 Å². The second-order valence-electron chi connectivity index (χ2n) is 28.9. The summed E-state index contributed by atoms with van der Waals surface area (Å²) in [5.74, 6) is -0.178. The number of amides is 1. The minimum absolute atomic E-state index is 0.178. The van der Waals surface area contributed by atoms with Gasteiger partial charge in [0.05, 0.1) is 25.4 Å². The Hall–Kier alpha value is -1.85. The normalized spacial score (nSPS) is 17.8. The van der Waals surface area contributed by atoms with E-state index in [-0.39, 0.29) is 12.5 Å². The third-order valence-corrected chi connectivity index (χ3v) is 19.9. The van der Waals surface area contributed by atoms with Gasteiger partial charge in [-0.3, -0.25) is 4.79 Å². The van der Waals surface area contributed by atoms with Crippen molar-refractivity contribution in [3.63, 3.8) is 0 Å². The molecule has 0 aromatic rings. The highest BCUT2D eigenvalue weighted by molar-refractivity contribution is 5.76. The molecule has 0 saturated carbocycles. The van der Waals surface area contributed by atoms with Crippen LogP contribution in [0.25, 0.3) is 0 Å². The fraction of sp³-hybridized carbons (Fsp3) is 0.893. The van der Waals surface area contributed by atoms with Crippen molar-refractivity contribution in [1.82, 2.24) is 5.32 Å². The van der Waals surface area contributed by atoms with Crippen molar-refractivity contribution < 1.29 is 39.8 Å². The Bertz CT molecular complexity index is 1620. The molecule has 0 radical (unpaired) electrons. The molecular formula is C84H159NO8. The van der Waals surface area contributed by atoms with Crippen LogP contribution in [-0.2, 0) is 14.3 Å². The van der Waals surface area contributed by atoms with E-state index in [0.29, 0.717) is 6.42 Å². The summed E-state index contributed by atoms with van der Waals surface area (Å²) in [6.45, 7) is 3.82. The Morgan fingerprint density at radius 3 is 0.968 bits per heavy atom. The van der Waals surface area contributed by atoms with Crippen LogP contribution in [0.15, 0.2) is 48.6 Å². The molecule has 0 bridgehead atoms. The van der Waals surface area contributed by atoms with Gasteiger partial charge in [-0.05, 0) is 64.2 Å². The van der Waals surface area contributed by atoms with Gasteiger partial charge in [0.15, 0.2) is 6.29 Å². The fourth-order valence-electron chi connectivity index (χ4n) is 13.4. The Labute approximate surface area is 577 Å². The molecule has 1 amide bonds. The molecule has 1 heterocycles. The monoisotopic (exact) mass is 1310 g/mol. The number of allylic oxidation sites excluding steroid dienone is 7. The minimum Gasteiger partial charge on any atom is -0.394 e. The molecule has 7 unspecified atom stereocenters. The molecule has 1 saturated heterocycles. The van der Waals surface area contributed by atoms with Gasteiger partial charge >= 0.3 is 0 Å². The Morgan fingerprint density at radius 2 is 0.645 bits per heavy atom. The number of hydrogen-bond donors (Lipinski definition) is 6. The van der Waals surface area contributed by atoms with Gasteiger partial charge in [0.1, 0.15) is 24.4 Å². The standard InChI is InChI=1S/C84H159NO8/c1-3-5-7-9-11-13-15-17-19-21-23-25-27-29-31-33-35-36-37-38-39-40-41-42-44-46-48-50-52-54-56-58-60-62-64-66-68-70-72-74-80(88)85-77(76-92-84-83(91)82(90)81(89)79(75-86)93-84)78(87)73-71-69-67-65-63-61-59-57-55-53-51-49-47-45-43-34-32-30-28-26-24-22-20-18-16-14-12-10-8-6-4-2/h15,17,21,23,63,65,71,73,77-79,81-84,86-87,89-91H,3-14,16,18-20,22,24-62,64,66-70,72,74-76H2,1-2H3,(H,85,88)/b17-15-,23-21-,65-63+,73-71+. The molecule has 9 nitrogen and oxygen atoms in total. The van der Waals surface area contributed by atoms with Gasteiger partial charge in [-0.25, -0.2) is 0 Å². The van der Waals surface area contributed by atoms with Crippen LogP contribution >= 0.6 is 0 Å². The molecular weight excluding hydrogens is 1150 g/mol. The van der Waals surface area contributed by atoms with Crippen molar-refractivity contribution in [3.8, 4) is 0 Å². The van der Waals surface area contributed by atoms with E-state index >= 15 is 0 Å². The predicted molar refractivity (Wildman–Crippen MR) is 401 cm³/mol. The molecule has 1 aliphatic heterocycles. The van der Waals surface area contributed by atoms with Crippen molar-refractivity contribution in [2.24, 2.45) is 0 Å². The molecule has 9 heteroatoms. The second kappa shape index (κ2) is 72.9. The van der Waals surface area contributed by atoms with E-state index in [2.05, 4.69) is 55.6 Å².